The van der Waals surface area contributed by atoms with E-state index >= 15 is 0 Å². The van der Waals surface area contributed by atoms with Crippen LogP contribution in [0.3, 0.4) is 0 Å². The topological polar surface area (TPSA) is 113 Å². The molecular formula is C17H27N3O6. The quantitative estimate of drug-likeness (QED) is 0.502. The van der Waals surface area contributed by atoms with Gasteiger partial charge in [0, 0.05) is 38.9 Å². The lowest BCUT2D eigenvalue weighted by molar-refractivity contribution is -0.163. The second kappa shape index (κ2) is 11.2. The van der Waals surface area contributed by atoms with Crippen molar-refractivity contribution in [3.63, 3.8) is 0 Å². The lowest BCUT2D eigenvalue weighted by Crippen LogP contribution is -2.42. The van der Waals surface area contributed by atoms with E-state index in [1.54, 1.807) is 11.8 Å². The van der Waals surface area contributed by atoms with Gasteiger partial charge in [-0.15, -0.1) is 0 Å². The van der Waals surface area contributed by atoms with Gasteiger partial charge in [-0.25, -0.2) is 4.79 Å². The van der Waals surface area contributed by atoms with Crippen molar-refractivity contribution in [1.29, 1.82) is 0 Å². The van der Waals surface area contributed by atoms with Gasteiger partial charge in [0.1, 0.15) is 6.29 Å². The molecule has 1 aliphatic heterocycles. The van der Waals surface area contributed by atoms with E-state index in [4.69, 9.17) is 4.84 Å². The standard InChI is InChI=1S/C17H27N3O6/c1-13(16(24)18-12-22)5-6-14-7-9-20(10-8-14)17(25)26-19(2)15(23)4-3-11-21/h11-14H,3-10H2,1-2H3,(H,18,22,24). The van der Waals surface area contributed by atoms with Crippen molar-refractivity contribution in [3.8, 4) is 0 Å². The van der Waals surface area contributed by atoms with Gasteiger partial charge >= 0.3 is 6.09 Å². The Hall–Kier alpha value is -2.45. The molecule has 26 heavy (non-hydrogen) atoms. The normalized spacial score (nSPS) is 15.7. The maximum Gasteiger partial charge on any atom is 0.434 e. The molecule has 0 aromatic rings. The summed E-state index contributed by atoms with van der Waals surface area (Å²) in [6, 6.07) is 0. The van der Waals surface area contributed by atoms with E-state index in [-0.39, 0.29) is 24.7 Å². The first-order chi connectivity index (χ1) is 12.4. The minimum atomic E-state index is -0.580. The molecular weight excluding hydrogens is 342 g/mol. The zero-order chi connectivity index (χ0) is 19.5. The van der Waals surface area contributed by atoms with E-state index in [1.807, 2.05) is 0 Å². The van der Waals surface area contributed by atoms with Crippen molar-refractivity contribution in [2.45, 2.75) is 45.4 Å². The van der Waals surface area contributed by atoms with Crippen LogP contribution in [0.4, 0.5) is 4.79 Å². The van der Waals surface area contributed by atoms with Gasteiger partial charge in [-0.2, -0.15) is 5.06 Å². The van der Waals surface area contributed by atoms with E-state index in [0.29, 0.717) is 38.1 Å². The van der Waals surface area contributed by atoms with E-state index in [2.05, 4.69) is 5.32 Å². The first kappa shape index (κ1) is 21.6. The lowest BCUT2D eigenvalue weighted by Gasteiger charge is -2.32. The molecule has 0 spiro atoms. The van der Waals surface area contributed by atoms with Crippen LogP contribution in [0.25, 0.3) is 0 Å². The van der Waals surface area contributed by atoms with Crippen LogP contribution in [-0.2, 0) is 24.0 Å². The monoisotopic (exact) mass is 369 g/mol. The highest BCUT2D eigenvalue weighted by molar-refractivity contribution is 5.87. The molecule has 1 N–H and O–H groups in total. The average Bonchev–Trinajstić information content (AvgIpc) is 2.64. The summed E-state index contributed by atoms with van der Waals surface area (Å²) < 4.78 is 0. The highest BCUT2D eigenvalue weighted by Crippen LogP contribution is 2.24. The second-order valence-corrected chi connectivity index (χ2v) is 6.49. The molecule has 9 nitrogen and oxygen atoms in total. The van der Waals surface area contributed by atoms with Gasteiger partial charge in [0.25, 0.3) is 5.91 Å². The van der Waals surface area contributed by atoms with Crippen LogP contribution < -0.4 is 5.32 Å². The minimum Gasteiger partial charge on any atom is -0.319 e. The number of aldehydes is 1. The summed E-state index contributed by atoms with van der Waals surface area (Å²) in [5.74, 6) is -0.530. The van der Waals surface area contributed by atoms with Crippen LogP contribution in [-0.4, -0.2) is 60.7 Å². The first-order valence-electron chi connectivity index (χ1n) is 8.80. The van der Waals surface area contributed by atoms with Gasteiger partial charge in [-0.05, 0) is 31.6 Å². The zero-order valence-corrected chi connectivity index (χ0v) is 15.3. The molecule has 0 aromatic carbocycles. The molecule has 9 heteroatoms. The molecule has 1 atom stereocenters. The number of hydrogen-bond donors (Lipinski definition) is 1. The number of amides is 4. The van der Waals surface area contributed by atoms with Crippen LogP contribution in [0, 0.1) is 11.8 Å². The van der Waals surface area contributed by atoms with E-state index in [1.165, 1.54) is 7.05 Å². The fourth-order valence-electron chi connectivity index (χ4n) is 2.79. The molecule has 0 saturated carbocycles. The molecule has 1 fully saturated rings. The van der Waals surface area contributed by atoms with Crippen molar-refractivity contribution >= 4 is 30.6 Å². The van der Waals surface area contributed by atoms with Gasteiger partial charge in [0.2, 0.25) is 12.3 Å². The summed E-state index contributed by atoms with van der Waals surface area (Å²) in [7, 11) is 1.35. The van der Waals surface area contributed by atoms with Crippen molar-refractivity contribution < 1.29 is 28.8 Å². The summed E-state index contributed by atoms with van der Waals surface area (Å²) in [5, 5.41) is 3.02. The van der Waals surface area contributed by atoms with Crippen LogP contribution in [0.15, 0.2) is 0 Å². The number of carbonyl (C=O) groups excluding carboxylic acids is 5. The molecule has 146 valence electrons. The van der Waals surface area contributed by atoms with E-state index < -0.39 is 12.0 Å². The number of likely N-dealkylation sites (tertiary alicyclic amines) is 1. The maximum absolute atomic E-state index is 12.1. The van der Waals surface area contributed by atoms with E-state index in [9.17, 15) is 24.0 Å². The summed E-state index contributed by atoms with van der Waals surface area (Å²) in [6.07, 6.45) is 3.67. The molecule has 0 aliphatic carbocycles. The molecule has 1 unspecified atom stereocenters. The number of hydroxylamine groups is 2. The smallest absolute Gasteiger partial charge is 0.319 e. The molecule has 1 rings (SSSR count). The molecule has 0 bridgehead atoms. The van der Waals surface area contributed by atoms with Crippen molar-refractivity contribution in [2.75, 3.05) is 20.1 Å². The van der Waals surface area contributed by atoms with Crippen LogP contribution in [0.2, 0.25) is 0 Å². The van der Waals surface area contributed by atoms with Gasteiger partial charge in [-0.1, -0.05) is 6.92 Å². The third-order valence-electron chi connectivity index (χ3n) is 4.57. The number of hydrogen-bond acceptors (Lipinski definition) is 6. The molecule has 0 radical (unpaired) electrons. The summed E-state index contributed by atoms with van der Waals surface area (Å²) in [4.78, 5) is 62.3. The second-order valence-electron chi connectivity index (χ2n) is 6.49. The zero-order valence-electron chi connectivity index (χ0n) is 15.3. The average molecular weight is 369 g/mol. The lowest BCUT2D eigenvalue weighted by atomic mass is 9.89. The first-order valence-corrected chi connectivity index (χ1v) is 8.80. The minimum absolute atomic E-state index is 0.00518. The highest BCUT2D eigenvalue weighted by atomic mass is 16.7. The van der Waals surface area contributed by atoms with Gasteiger partial charge in [0.05, 0.1) is 0 Å². The molecule has 1 saturated heterocycles. The van der Waals surface area contributed by atoms with E-state index in [0.717, 1.165) is 24.3 Å². The maximum atomic E-state index is 12.1. The Labute approximate surface area is 153 Å². The Morgan fingerprint density at radius 1 is 1.27 bits per heavy atom. The Balaban J connectivity index is 2.31. The van der Waals surface area contributed by atoms with Crippen molar-refractivity contribution in [2.24, 2.45) is 11.8 Å². The number of nitrogens with zero attached hydrogens (tertiary/aromatic N) is 2. The third kappa shape index (κ3) is 7.20. The fourth-order valence-corrected chi connectivity index (χ4v) is 2.79. The number of imide groups is 1. The molecule has 1 heterocycles. The Morgan fingerprint density at radius 2 is 1.92 bits per heavy atom. The molecule has 4 amide bonds. The Bertz CT molecular complexity index is 517. The largest absolute Gasteiger partial charge is 0.434 e. The summed E-state index contributed by atoms with van der Waals surface area (Å²) in [6.45, 7) is 2.83. The van der Waals surface area contributed by atoms with Gasteiger partial charge < -0.3 is 14.5 Å². The Morgan fingerprint density at radius 3 is 2.50 bits per heavy atom. The van der Waals surface area contributed by atoms with Crippen LogP contribution in [0.5, 0.6) is 0 Å². The Kier molecular flexibility index (Phi) is 9.32. The van der Waals surface area contributed by atoms with Gasteiger partial charge in [-0.3, -0.25) is 19.7 Å². The fraction of sp³-hybridized carbons (Fsp3) is 0.706. The predicted molar refractivity (Wildman–Crippen MR) is 91.5 cm³/mol. The molecule has 1 aliphatic rings. The predicted octanol–water partition coefficient (Wildman–Crippen LogP) is 0.876. The van der Waals surface area contributed by atoms with Crippen LogP contribution >= 0.6 is 0 Å². The number of carbonyl (C=O) groups is 5. The molecule has 0 aromatic heterocycles. The number of piperidine rings is 1. The number of nitrogens with one attached hydrogen (secondary N) is 1. The SMILES string of the molecule is CC(CCC1CCN(C(=O)ON(C)C(=O)CCC=O)CC1)C(=O)NC=O. The van der Waals surface area contributed by atoms with Gasteiger partial charge in [0.15, 0.2) is 0 Å². The summed E-state index contributed by atoms with van der Waals surface area (Å²) in [5.41, 5.74) is 0. The van der Waals surface area contributed by atoms with Crippen LogP contribution in [0.1, 0.15) is 45.4 Å². The van der Waals surface area contributed by atoms with Crippen molar-refractivity contribution in [1.82, 2.24) is 15.3 Å². The number of rotatable bonds is 8. The summed E-state index contributed by atoms with van der Waals surface area (Å²) >= 11 is 0. The highest BCUT2D eigenvalue weighted by Gasteiger charge is 2.26. The third-order valence-corrected chi connectivity index (χ3v) is 4.57. The van der Waals surface area contributed by atoms with Crippen molar-refractivity contribution in [3.05, 3.63) is 0 Å².